The summed E-state index contributed by atoms with van der Waals surface area (Å²) < 4.78 is 0. The molecule has 0 unspecified atom stereocenters. The van der Waals surface area contributed by atoms with Gasteiger partial charge >= 0.3 is 0 Å². The van der Waals surface area contributed by atoms with Gasteiger partial charge < -0.3 is 10.9 Å². The lowest BCUT2D eigenvalue weighted by molar-refractivity contribution is 0.318. The second-order valence-corrected chi connectivity index (χ2v) is 4.69. The van der Waals surface area contributed by atoms with Crippen molar-refractivity contribution in [3.63, 3.8) is 0 Å². The van der Waals surface area contributed by atoms with E-state index in [1.54, 1.807) is 24.0 Å². The molecule has 2 aromatic rings. The molecule has 18 heavy (non-hydrogen) atoms. The Labute approximate surface area is 110 Å². The summed E-state index contributed by atoms with van der Waals surface area (Å²) in [7, 11) is 0. The van der Waals surface area contributed by atoms with Gasteiger partial charge in [0.15, 0.2) is 5.84 Å². The zero-order valence-corrected chi connectivity index (χ0v) is 10.5. The molecule has 0 radical (unpaired) electrons. The summed E-state index contributed by atoms with van der Waals surface area (Å²) in [4.78, 5) is 5.17. The van der Waals surface area contributed by atoms with E-state index in [0.717, 1.165) is 10.6 Å². The molecule has 0 fully saturated rings. The van der Waals surface area contributed by atoms with Crippen LogP contribution in [0.3, 0.4) is 0 Å². The Morgan fingerprint density at radius 1 is 1.22 bits per heavy atom. The molecule has 1 aromatic heterocycles. The number of nitrogens with two attached hydrogens (primary N) is 1. The predicted octanol–water partition coefficient (Wildman–Crippen LogP) is 2.47. The molecule has 0 saturated carbocycles. The van der Waals surface area contributed by atoms with E-state index in [4.69, 9.17) is 10.9 Å². The van der Waals surface area contributed by atoms with E-state index in [1.165, 1.54) is 5.56 Å². The highest BCUT2D eigenvalue weighted by Crippen LogP contribution is 2.21. The number of amidine groups is 1. The Balaban J connectivity index is 1.99. The first-order valence-corrected chi connectivity index (χ1v) is 6.39. The highest BCUT2D eigenvalue weighted by Gasteiger charge is 2.01. The summed E-state index contributed by atoms with van der Waals surface area (Å²) in [6, 6.07) is 13.9. The largest absolute Gasteiger partial charge is 0.409 e. The van der Waals surface area contributed by atoms with Crippen LogP contribution in [0.2, 0.25) is 0 Å². The normalized spacial score (nSPS) is 11.4. The van der Waals surface area contributed by atoms with Crippen molar-refractivity contribution in [2.45, 2.75) is 10.6 Å². The van der Waals surface area contributed by atoms with Gasteiger partial charge in [0.1, 0.15) is 5.69 Å². The van der Waals surface area contributed by atoms with Crippen molar-refractivity contribution in [2.75, 3.05) is 0 Å². The van der Waals surface area contributed by atoms with Crippen molar-refractivity contribution in [3.8, 4) is 0 Å². The Kier molecular flexibility index (Phi) is 4.20. The maximum atomic E-state index is 8.53. The number of hydrogen-bond acceptors (Lipinski definition) is 4. The van der Waals surface area contributed by atoms with Crippen molar-refractivity contribution in [1.82, 2.24) is 4.98 Å². The molecular weight excluding hydrogens is 246 g/mol. The molecule has 1 heterocycles. The highest BCUT2D eigenvalue weighted by molar-refractivity contribution is 7.98. The lowest BCUT2D eigenvalue weighted by Gasteiger charge is -2.02. The lowest BCUT2D eigenvalue weighted by Crippen LogP contribution is -2.14. The maximum absolute atomic E-state index is 8.53. The molecule has 0 saturated heterocycles. The van der Waals surface area contributed by atoms with Gasteiger partial charge in [-0.2, -0.15) is 0 Å². The molecular formula is C13H13N3OS. The summed E-state index contributed by atoms with van der Waals surface area (Å²) in [5.74, 6) is 0.917. The van der Waals surface area contributed by atoms with Gasteiger partial charge in [0, 0.05) is 16.8 Å². The SMILES string of the molecule is N/C(=N/O)c1ccc(SCc2ccccc2)cn1. The van der Waals surface area contributed by atoms with Gasteiger partial charge in [0.25, 0.3) is 0 Å². The predicted molar refractivity (Wildman–Crippen MR) is 72.8 cm³/mol. The Morgan fingerprint density at radius 2 is 2.00 bits per heavy atom. The van der Waals surface area contributed by atoms with Crippen LogP contribution in [-0.4, -0.2) is 16.0 Å². The van der Waals surface area contributed by atoms with Crippen molar-refractivity contribution < 1.29 is 5.21 Å². The quantitative estimate of drug-likeness (QED) is 0.291. The molecule has 3 N–H and O–H groups in total. The fourth-order valence-electron chi connectivity index (χ4n) is 1.41. The Hall–Kier alpha value is -2.01. The molecule has 0 spiro atoms. The smallest absolute Gasteiger partial charge is 0.188 e. The van der Waals surface area contributed by atoms with E-state index in [0.29, 0.717) is 5.69 Å². The van der Waals surface area contributed by atoms with Gasteiger partial charge in [-0.15, -0.1) is 11.8 Å². The maximum Gasteiger partial charge on any atom is 0.188 e. The second-order valence-electron chi connectivity index (χ2n) is 3.64. The average molecular weight is 259 g/mol. The van der Waals surface area contributed by atoms with Crippen LogP contribution in [0.25, 0.3) is 0 Å². The summed E-state index contributed by atoms with van der Waals surface area (Å²) >= 11 is 1.70. The molecule has 5 heteroatoms. The minimum absolute atomic E-state index is 0.0228. The van der Waals surface area contributed by atoms with Crippen molar-refractivity contribution >= 4 is 17.6 Å². The fraction of sp³-hybridized carbons (Fsp3) is 0.0769. The van der Waals surface area contributed by atoms with Gasteiger partial charge in [-0.3, -0.25) is 4.98 Å². The monoisotopic (exact) mass is 259 g/mol. The van der Waals surface area contributed by atoms with Crippen molar-refractivity contribution in [3.05, 3.63) is 59.9 Å². The van der Waals surface area contributed by atoms with Gasteiger partial charge in [-0.25, -0.2) is 0 Å². The minimum Gasteiger partial charge on any atom is -0.409 e. The zero-order valence-electron chi connectivity index (χ0n) is 9.65. The second kappa shape index (κ2) is 6.07. The third-order valence-electron chi connectivity index (χ3n) is 2.35. The fourth-order valence-corrected chi connectivity index (χ4v) is 2.23. The molecule has 0 atom stereocenters. The zero-order chi connectivity index (χ0) is 12.8. The number of aromatic nitrogens is 1. The van der Waals surface area contributed by atoms with Crippen molar-refractivity contribution in [1.29, 1.82) is 0 Å². The lowest BCUT2D eigenvalue weighted by atomic mass is 10.2. The first kappa shape index (κ1) is 12.4. The van der Waals surface area contributed by atoms with E-state index in [9.17, 15) is 0 Å². The first-order valence-electron chi connectivity index (χ1n) is 5.40. The number of nitrogens with zero attached hydrogens (tertiary/aromatic N) is 2. The summed E-state index contributed by atoms with van der Waals surface area (Å²) in [5, 5.41) is 11.4. The molecule has 0 aliphatic rings. The van der Waals surface area contributed by atoms with Crippen LogP contribution in [0.15, 0.2) is 58.7 Å². The standard InChI is InChI=1S/C13H13N3OS/c14-13(16-17)12-7-6-11(8-15-12)18-9-10-4-2-1-3-5-10/h1-8,17H,9H2,(H2,14,16). The summed E-state index contributed by atoms with van der Waals surface area (Å²) in [5.41, 5.74) is 7.18. The number of hydrogen-bond donors (Lipinski definition) is 2. The Morgan fingerprint density at radius 3 is 2.61 bits per heavy atom. The number of pyridine rings is 1. The topological polar surface area (TPSA) is 71.5 Å². The molecule has 92 valence electrons. The van der Waals surface area contributed by atoms with Crippen LogP contribution in [0.1, 0.15) is 11.3 Å². The van der Waals surface area contributed by atoms with E-state index in [2.05, 4.69) is 22.3 Å². The van der Waals surface area contributed by atoms with Gasteiger partial charge in [0.05, 0.1) is 0 Å². The van der Waals surface area contributed by atoms with Crippen LogP contribution >= 0.6 is 11.8 Å². The summed E-state index contributed by atoms with van der Waals surface area (Å²) in [6.07, 6.45) is 1.72. The highest BCUT2D eigenvalue weighted by atomic mass is 32.2. The van der Waals surface area contributed by atoms with Gasteiger partial charge in [-0.1, -0.05) is 35.5 Å². The van der Waals surface area contributed by atoms with Crippen LogP contribution in [0.4, 0.5) is 0 Å². The van der Waals surface area contributed by atoms with Crippen LogP contribution in [-0.2, 0) is 5.75 Å². The van der Waals surface area contributed by atoms with Crippen LogP contribution in [0.5, 0.6) is 0 Å². The van der Waals surface area contributed by atoms with Crippen LogP contribution in [0, 0.1) is 0 Å². The number of thioether (sulfide) groups is 1. The molecule has 0 aliphatic heterocycles. The third kappa shape index (κ3) is 3.24. The van der Waals surface area contributed by atoms with Crippen molar-refractivity contribution in [2.24, 2.45) is 10.9 Å². The minimum atomic E-state index is 0.0228. The van der Waals surface area contributed by atoms with E-state index >= 15 is 0 Å². The van der Waals surface area contributed by atoms with E-state index in [1.807, 2.05) is 24.3 Å². The van der Waals surface area contributed by atoms with E-state index < -0.39 is 0 Å². The average Bonchev–Trinajstić information content (AvgIpc) is 2.46. The number of benzene rings is 1. The molecule has 0 amide bonds. The molecule has 2 rings (SSSR count). The third-order valence-corrected chi connectivity index (χ3v) is 3.41. The first-order chi connectivity index (χ1) is 8.79. The Bertz CT molecular complexity index is 526. The molecule has 4 nitrogen and oxygen atoms in total. The number of rotatable bonds is 4. The number of oxime groups is 1. The van der Waals surface area contributed by atoms with Gasteiger partial charge in [-0.05, 0) is 17.7 Å². The van der Waals surface area contributed by atoms with E-state index in [-0.39, 0.29) is 5.84 Å². The van der Waals surface area contributed by atoms with Gasteiger partial charge in [0.2, 0.25) is 0 Å². The summed E-state index contributed by atoms with van der Waals surface area (Å²) in [6.45, 7) is 0. The molecule has 0 aliphatic carbocycles. The molecule has 0 bridgehead atoms. The van der Waals surface area contributed by atoms with Crippen LogP contribution < -0.4 is 5.73 Å². The molecule has 1 aromatic carbocycles.